The molecule has 0 aliphatic rings. The van der Waals surface area contributed by atoms with Crippen molar-refractivity contribution in [1.29, 1.82) is 0 Å². The van der Waals surface area contributed by atoms with Gasteiger partial charge in [-0.05, 0) is 24.3 Å². The molecule has 2 aromatic carbocycles. The van der Waals surface area contributed by atoms with E-state index in [4.69, 9.17) is 14.2 Å². The normalized spacial score (nSPS) is 10.2. The predicted octanol–water partition coefficient (Wildman–Crippen LogP) is 4.02. The Labute approximate surface area is 167 Å². The lowest BCUT2D eigenvalue weighted by molar-refractivity contribution is -0.113. The Morgan fingerprint density at radius 3 is 2.54 bits per heavy atom. The number of rotatable bonds is 8. The third-order valence-corrected chi connectivity index (χ3v) is 4.57. The molecule has 0 atom stereocenters. The minimum absolute atomic E-state index is 0.138. The quantitative estimate of drug-likeness (QED) is 0.575. The summed E-state index contributed by atoms with van der Waals surface area (Å²) in [6.45, 7) is 0. The fourth-order valence-corrected chi connectivity index (χ4v) is 3.00. The molecule has 0 saturated carbocycles. The minimum atomic E-state index is -0.204. The highest BCUT2D eigenvalue weighted by molar-refractivity contribution is 8.00. The van der Waals surface area contributed by atoms with E-state index in [-0.39, 0.29) is 11.7 Å². The summed E-state index contributed by atoms with van der Waals surface area (Å²) >= 11 is 1.24. The van der Waals surface area contributed by atoms with E-state index >= 15 is 0 Å². The van der Waals surface area contributed by atoms with Crippen molar-refractivity contribution in [1.82, 2.24) is 9.97 Å². The molecule has 0 spiro atoms. The Balaban J connectivity index is 1.64. The molecule has 1 heterocycles. The van der Waals surface area contributed by atoms with Crippen molar-refractivity contribution in [3.63, 3.8) is 0 Å². The highest BCUT2D eigenvalue weighted by Gasteiger charge is 2.13. The third-order valence-electron chi connectivity index (χ3n) is 3.61. The summed E-state index contributed by atoms with van der Waals surface area (Å²) in [5.74, 6) is 2.10. The molecule has 0 aliphatic carbocycles. The van der Waals surface area contributed by atoms with Crippen LogP contribution in [0.3, 0.4) is 0 Å². The second-order valence-electron chi connectivity index (χ2n) is 5.48. The number of ether oxygens (including phenoxy) is 3. The average Bonchev–Trinajstić information content (AvgIpc) is 2.74. The van der Waals surface area contributed by atoms with Crippen LogP contribution in [0.5, 0.6) is 23.1 Å². The van der Waals surface area contributed by atoms with Crippen molar-refractivity contribution in [3.05, 3.63) is 60.9 Å². The standard InChI is InChI=1S/C20H19N3O4S/c1-25-15-8-9-16(17(12-15)26-2)23-18(24)13-28-20-19(21-10-11-22-20)27-14-6-4-3-5-7-14/h3-12H,13H2,1-2H3,(H,23,24). The number of hydrogen-bond acceptors (Lipinski definition) is 7. The minimum Gasteiger partial charge on any atom is -0.497 e. The van der Waals surface area contributed by atoms with Crippen LogP contribution < -0.4 is 19.5 Å². The first-order valence-electron chi connectivity index (χ1n) is 8.38. The molecule has 1 N–H and O–H groups in total. The first-order valence-corrected chi connectivity index (χ1v) is 9.36. The number of benzene rings is 2. The van der Waals surface area contributed by atoms with Gasteiger partial charge < -0.3 is 19.5 Å². The molecule has 0 unspecified atom stereocenters. The van der Waals surface area contributed by atoms with Crippen molar-refractivity contribution < 1.29 is 19.0 Å². The van der Waals surface area contributed by atoms with Gasteiger partial charge in [-0.3, -0.25) is 4.79 Å². The summed E-state index contributed by atoms with van der Waals surface area (Å²) < 4.78 is 16.2. The van der Waals surface area contributed by atoms with E-state index in [1.807, 2.05) is 30.3 Å². The van der Waals surface area contributed by atoms with Crippen LogP contribution >= 0.6 is 11.8 Å². The Morgan fingerprint density at radius 1 is 1.00 bits per heavy atom. The van der Waals surface area contributed by atoms with Crippen molar-refractivity contribution in [2.75, 3.05) is 25.3 Å². The van der Waals surface area contributed by atoms with Crippen LogP contribution in [-0.4, -0.2) is 35.8 Å². The average molecular weight is 397 g/mol. The molecule has 28 heavy (non-hydrogen) atoms. The number of carbonyl (C=O) groups excluding carboxylic acids is 1. The van der Waals surface area contributed by atoms with Crippen LogP contribution in [0.1, 0.15) is 0 Å². The molecule has 1 aromatic heterocycles. The van der Waals surface area contributed by atoms with Gasteiger partial charge in [-0.2, -0.15) is 0 Å². The van der Waals surface area contributed by atoms with Gasteiger partial charge in [0.25, 0.3) is 5.88 Å². The van der Waals surface area contributed by atoms with Gasteiger partial charge in [-0.25, -0.2) is 9.97 Å². The fourth-order valence-electron chi connectivity index (χ4n) is 2.30. The molecule has 3 rings (SSSR count). The molecule has 0 saturated heterocycles. The number of anilines is 1. The molecular weight excluding hydrogens is 378 g/mol. The Hall–Kier alpha value is -3.26. The molecule has 8 heteroatoms. The highest BCUT2D eigenvalue weighted by atomic mass is 32.2. The second kappa shape index (κ2) is 9.61. The van der Waals surface area contributed by atoms with Crippen molar-refractivity contribution in [2.45, 2.75) is 5.03 Å². The van der Waals surface area contributed by atoms with E-state index in [0.717, 1.165) is 0 Å². The van der Waals surface area contributed by atoms with Gasteiger partial charge in [-0.15, -0.1) is 0 Å². The van der Waals surface area contributed by atoms with E-state index in [9.17, 15) is 4.79 Å². The molecular formula is C20H19N3O4S. The number of hydrogen-bond donors (Lipinski definition) is 1. The lowest BCUT2D eigenvalue weighted by Crippen LogP contribution is -2.15. The van der Waals surface area contributed by atoms with Gasteiger partial charge in [0.1, 0.15) is 17.2 Å². The summed E-state index contributed by atoms with van der Waals surface area (Å²) in [6.07, 6.45) is 3.11. The van der Waals surface area contributed by atoms with E-state index in [2.05, 4.69) is 15.3 Å². The summed E-state index contributed by atoms with van der Waals surface area (Å²) in [5, 5.41) is 3.35. The first kappa shape index (κ1) is 19.5. The maximum absolute atomic E-state index is 12.4. The predicted molar refractivity (Wildman–Crippen MR) is 107 cm³/mol. The number of thioether (sulfide) groups is 1. The van der Waals surface area contributed by atoms with Gasteiger partial charge in [0.15, 0.2) is 5.03 Å². The van der Waals surface area contributed by atoms with Gasteiger partial charge in [0.2, 0.25) is 5.91 Å². The monoisotopic (exact) mass is 397 g/mol. The number of nitrogens with one attached hydrogen (secondary N) is 1. The maximum Gasteiger partial charge on any atom is 0.252 e. The molecule has 7 nitrogen and oxygen atoms in total. The number of methoxy groups -OCH3 is 2. The summed E-state index contributed by atoms with van der Waals surface area (Å²) in [5.41, 5.74) is 0.564. The Kier molecular flexibility index (Phi) is 6.69. The van der Waals surface area contributed by atoms with E-state index in [1.165, 1.54) is 18.9 Å². The zero-order chi connectivity index (χ0) is 19.8. The number of amides is 1. The third kappa shape index (κ3) is 5.14. The largest absolute Gasteiger partial charge is 0.497 e. The molecule has 3 aromatic rings. The van der Waals surface area contributed by atoms with Crippen molar-refractivity contribution in [3.8, 4) is 23.1 Å². The maximum atomic E-state index is 12.4. The van der Waals surface area contributed by atoms with Gasteiger partial charge in [0.05, 0.1) is 25.7 Å². The fraction of sp³-hybridized carbons (Fsp3) is 0.150. The molecule has 0 aliphatic heterocycles. The zero-order valence-corrected chi connectivity index (χ0v) is 16.2. The number of carbonyl (C=O) groups is 1. The van der Waals surface area contributed by atoms with Gasteiger partial charge >= 0.3 is 0 Å². The second-order valence-corrected chi connectivity index (χ2v) is 6.45. The smallest absolute Gasteiger partial charge is 0.252 e. The van der Waals surface area contributed by atoms with Crippen LogP contribution in [-0.2, 0) is 4.79 Å². The van der Waals surface area contributed by atoms with Crippen LogP contribution in [0, 0.1) is 0 Å². The van der Waals surface area contributed by atoms with Crippen molar-refractivity contribution in [2.24, 2.45) is 0 Å². The lowest BCUT2D eigenvalue weighted by atomic mass is 10.2. The molecule has 1 amide bonds. The topological polar surface area (TPSA) is 82.6 Å². The molecule has 0 fully saturated rings. The van der Waals surface area contributed by atoms with Crippen LogP contribution in [0.2, 0.25) is 0 Å². The number of para-hydroxylation sites is 1. The number of nitrogens with zero attached hydrogens (tertiary/aromatic N) is 2. The summed E-state index contributed by atoms with van der Waals surface area (Å²) in [4.78, 5) is 20.8. The van der Waals surface area contributed by atoms with Gasteiger partial charge in [0, 0.05) is 18.5 Å². The highest BCUT2D eigenvalue weighted by Crippen LogP contribution is 2.31. The van der Waals surface area contributed by atoms with E-state index in [1.54, 1.807) is 37.7 Å². The molecule has 0 radical (unpaired) electrons. The number of aromatic nitrogens is 2. The van der Waals surface area contributed by atoms with E-state index < -0.39 is 0 Å². The first-order chi connectivity index (χ1) is 13.7. The van der Waals surface area contributed by atoms with Crippen molar-refractivity contribution >= 4 is 23.4 Å². The van der Waals surface area contributed by atoms with E-state index in [0.29, 0.717) is 33.8 Å². The van der Waals surface area contributed by atoms with Crippen LogP contribution in [0.4, 0.5) is 5.69 Å². The summed E-state index contributed by atoms with van der Waals surface area (Å²) in [7, 11) is 3.10. The lowest BCUT2D eigenvalue weighted by Gasteiger charge is -2.12. The molecule has 0 bridgehead atoms. The zero-order valence-electron chi connectivity index (χ0n) is 15.4. The SMILES string of the molecule is COc1ccc(NC(=O)CSc2nccnc2Oc2ccccc2)c(OC)c1. The Morgan fingerprint density at radius 2 is 1.79 bits per heavy atom. The van der Waals surface area contributed by atoms with Gasteiger partial charge in [-0.1, -0.05) is 30.0 Å². The molecule has 144 valence electrons. The van der Waals surface area contributed by atoms with Crippen LogP contribution in [0.25, 0.3) is 0 Å². The van der Waals surface area contributed by atoms with Crippen LogP contribution in [0.15, 0.2) is 66.0 Å². The Bertz CT molecular complexity index is 938. The summed E-state index contributed by atoms with van der Waals surface area (Å²) in [6, 6.07) is 14.5.